The average molecular weight is 330 g/mol. The van der Waals surface area contributed by atoms with Gasteiger partial charge in [-0.05, 0) is 38.1 Å². The Balaban J connectivity index is 1.74. The molecule has 1 nitrogen and oxygen atoms in total. The zero-order valence-corrected chi connectivity index (χ0v) is 15.2. The summed E-state index contributed by atoms with van der Waals surface area (Å²) in [5.74, 6) is 0. The van der Waals surface area contributed by atoms with Crippen LogP contribution in [0.1, 0.15) is 76.0 Å². The van der Waals surface area contributed by atoms with Crippen molar-refractivity contribution in [2.75, 3.05) is 13.1 Å². The maximum absolute atomic E-state index is 5.92. The third-order valence-electron chi connectivity index (χ3n) is 3.88. The molecule has 0 saturated carbocycles. The molecule has 1 N–H and O–H groups in total. The van der Waals surface area contributed by atoms with Gasteiger partial charge in [0, 0.05) is 4.88 Å². The van der Waals surface area contributed by atoms with Gasteiger partial charge >= 0.3 is 0 Å². The van der Waals surface area contributed by atoms with Crippen molar-refractivity contribution < 1.29 is 0 Å². The SMILES string of the molecule is CCCCCCCCCCCCNCCc1ccc(Cl)s1. The third kappa shape index (κ3) is 11.2. The Morgan fingerprint density at radius 3 is 2.05 bits per heavy atom. The number of unbranched alkanes of at least 4 members (excludes halogenated alkanes) is 9. The Morgan fingerprint density at radius 1 is 0.857 bits per heavy atom. The van der Waals surface area contributed by atoms with Gasteiger partial charge in [0.15, 0.2) is 0 Å². The molecule has 0 amide bonds. The standard InChI is InChI=1S/C18H32ClNS/c1-2-3-4-5-6-7-8-9-10-11-15-20-16-14-17-12-13-18(19)21-17/h12-13,20H,2-11,14-16H2,1H3. The molecule has 0 aliphatic rings. The number of hydrogen-bond donors (Lipinski definition) is 1. The Kier molecular flexibility index (Phi) is 12.3. The lowest BCUT2D eigenvalue weighted by Gasteiger charge is -2.04. The summed E-state index contributed by atoms with van der Waals surface area (Å²) in [4.78, 5) is 1.38. The van der Waals surface area contributed by atoms with Gasteiger partial charge in [-0.1, -0.05) is 76.3 Å². The summed E-state index contributed by atoms with van der Waals surface area (Å²) < 4.78 is 0.902. The lowest BCUT2D eigenvalue weighted by molar-refractivity contribution is 0.544. The lowest BCUT2D eigenvalue weighted by Crippen LogP contribution is -2.18. The van der Waals surface area contributed by atoms with E-state index in [0.29, 0.717) is 0 Å². The molecule has 0 unspecified atom stereocenters. The maximum Gasteiger partial charge on any atom is 0.0931 e. The highest BCUT2D eigenvalue weighted by Crippen LogP contribution is 2.21. The number of hydrogen-bond acceptors (Lipinski definition) is 2. The Hall–Kier alpha value is -0.0500. The first kappa shape index (κ1) is 19.0. The molecule has 122 valence electrons. The zero-order chi connectivity index (χ0) is 15.2. The molecule has 0 bridgehead atoms. The molecule has 0 aliphatic carbocycles. The highest BCUT2D eigenvalue weighted by molar-refractivity contribution is 7.16. The molecule has 3 heteroatoms. The van der Waals surface area contributed by atoms with Crippen LogP contribution in [-0.4, -0.2) is 13.1 Å². The molecule has 0 spiro atoms. The second-order valence-corrected chi connectivity index (χ2v) is 7.69. The van der Waals surface area contributed by atoms with Crippen molar-refractivity contribution in [1.29, 1.82) is 0 Å². The minimum absolute atomic E-state index is 0.902. The smallest absolute Gasteiger partial charge is 0.0931 e. The predicted octanol–water partition coefficient (Wildman–Crippen LogP) is 6.45. The van der Waals surface area contributed by atoms with Gasteiger partial charge in [0.25, 0.3) is 0 Å². The Labute approximate surface area is 140 Å². The normalized spacial score (nSPS) is 11.1. The Morgan fingerprint density at radius 2 is 1.48 bits per heavy atom. The summed E-state index contributed by atoms with van der Waals surface area (Å²) >= 11 is 7.61. The maximum atomic E-state index is 5.92. The number of halogens is 1. The molecule has 0 fully saturated rings. The van der Waals surface area contributed by atoms with E-state index >= 15 is 0 Å². The first-order valence-electron chi connectivity index (χ1n) is 8.78. The van der Waals surface area contributed by atoms with Crippen LogP contribution in [0.4, 0.5) is 0 Å². The zero-order valence-electron chi connectivity index (χ0n) is 13.6. The van der Waals surface area contributed by atoms with Crippen LogP contribution < -0.4 is 5.32 Å². The first-order valence-corrected chi connectivity index (χ1v) is 9.97. The van der Waals surface area contributed by atoms with Gasteiger partial charge in [0.1, 0.15) is 0 Å². The highest BCUT2D eigenvalue weighted by Gasteiger charge is 1.97. The molecule has 1 rings (SSSR count). The van der Waals surface area contributed by atoms with Gasteiger partial charge in [-0.25, -0.2) is 0 Å². The van der Waals surface area contributed by atoms with Gasteiger partial charge in [-0.2, -0.15) is 0 Å². The monoisotopic (exact) mass is 329 g/mol. The van der Waals surface area contributed by atoms with Crippen LogP contribution in [0, 0.1) is 0 Å². The van der Waals surface area contributed by atoms with E-state index in [2.05, 4.69) is 18.3 Å². The summed E-state index contributed by atoms with van der Waals surface area (Å²) in [6, 6.07) is 4.12. The van der Waals surface area contributed by atoms with Crippen LogP contribution in [0.2, 0.25) is 4.34 Å². The van der Waals surface area contributed by atoms with Crippen molar-refractivity contribution in [2.24, 2.45) is 0 Å². The molecule has 1 aromatic rings. The van der Waals surface area contributed by atoms with Gasteiger partial charge in [0.05, 0.1) is 4.34 Å². The molecule has 21 heavy (non-hydrogen) atoms. The summed E-state index contributed by atoms with van der Waals surface area (Å²) in [6.45, 7) is 4.52. The van der Waals surface area contributed by atoms with Gasteiger partial charge < -0.3 is 5.32 Å². The molecular formula is C18H32ClNS. The van der Waals surface area contributed by atoms with Crippen molar-refractivity contribution in [3.8, 4) is 0 Å². The minimum Gasteiger partial charge on any atom is -0.316 e. The van der Waals surface area contributed by atoms with Crippen LogP contribution in [0.3, 0.4) is 0 Å². The number of nitrogens with one attached hydrogen (secondary N) is 1. The summed E-state index contributed by atoms with van der Waals surface area (Å²) in [5.41, 5.74) is 0. The molecule has 1 heterocycles. The fourth-order valence-corrected chi connectivity index (χ4v) is 3.65. The largest absolute Gasteiger partial charge is 0.316 e. The highest BCUT2D eigenvalue weighted by atomic mass is 35.5. The van der Waals surface area contributed by atoms with E-state index in [1.165, 1.54) is 69.1 Å². The molecule has 0 aromatic carbocycles. The van der Waals surface area contributed by atoms with Gasteiger partial charge in [0.2, 0.25) is 0 Å². The summed E-state index contributed by atoms with van der Waals surface area (Å²) in [6.07, 6.45) is 15.2. The predicted molar refractivity (Wildman–Crippen MR) is 97.7 cm³/mol. The minimum atomic E-state index is 0.902. The van der Waals surface area contributed by atoms with Crippen molar-refractivity contribution in [2.45, 2.75) is 77.6 Å². The summed E-state index contributed by atoms with van der Waals surface area (Å²) in [5, 5.41) is 3.53. The molecule has 0 aliphatic heterocycles. The molecule has 0 saturated heterocycles. The quantitative estimate of drug-likeness (QED) is 0.386. The number of thiophene rings is 1. The van der Waals surface area contributed by atoms with E-state index in [9.17, 15) is 0 Å². The van der Waals surface area contributed by atoms with Gasteiger partial charge in [-0.15, -0.1) is 11.3 Å². The molecule has 0 radical (unpaired) electrons. The molecule has 0 atom stereocenters. The Bertz CT molecular complexity index is 338. The second-order valence-electron chi connectivity index (χ2n) is 5.89. The van der Waals surface area contributed by atoms with Crippen LogP contribution in [0.15, 0.2) is 12.1 Å². The van der Waals surface area contributed by atoms with Crippen molar-refractivity contribution >= 4 is 22.9 Å². The summed E-state index contributed by atoms with van der Waals surface area (Å²) in [7, 11) is 0. The van der Waals surface area contributed by atoms with Crippen molar-refractivity contribution in [3.63, 3.8) is 0 Å². The van der Waals surface area contributed by atoms with E-state index in [1.54, 1.807) is 11.3 Å². The van der Waals surface area contributed by atoms with Crippen LogP contribution in [0.5, 0.6) is 0 Å². The van der Waals surface area contributed by atoms with E-state index in [0.717, 1.165) is 23.8 Å². The fourth-order valence-electron chi connectivity index (χ4n) is 2.56. The van der Waals surface area contributed by atoms with E-state index in [4.69, 9.17) is 11.6 Å². The first-order chi connectivity index (χ1) is 10.3. The third-order valence-corrected chi connectivity index (χ3v) is 5.18. The van der Waals surface area contributed by atoms with Crippen LogP contribution in [0.25, 0.3) is 0 Å². The van der Waals surface area contributed by atoms with Crippen LogP contribution in [-0.2, 0) is 6.42 Å². The van der Waals surface area contributed by atoms with Crippen molar-refractivity contribution in [3.05, 3.63) is 21.3 Å². The average Bonchev–Trinajstić information content (AvgIpc) is 2.89. The number of rotatable bonds is 14. The van der Waals surface area contributed by atoms with E-state index in [-0.39, 0.29) is 0 Å². The topological polar surface area (TPSA) is 12.0 Å². The lowest BCUT2D eigenvalue weighted by atomic mass is 10.1. The van der Waals surface area contributed by atoms with Crippen LogP contribution >= 0.6 is 22.9 Å². The molecular weight excluding hydrogens is 298 g/mol. The fraction of sp³-hybridized carbons (Fsp3) is 0.778. The van der Waals surface area contributed by atoms with Crippen molar-refractivity contribution in [1.82, 2.24) is 5.32 Å². The molecule has 1 aromatic heterocycles. The van der Waals surface area contributed by atoms with E-state index in [1.807, 2.05) is 6.07 Å². The second kappa shape index (κ2) is 13.6. The van der Waals surface area contributed by atoms with E-state index < -0.39 is 0 Å². The van der Waals surface area contributed by atoms with Gasteiger partial charge in [-0.3, -0.25) is 0 Å².